The van der Waals surface area contributed by atoms with Gasteiger partial charge in [-0.25, -0.2) is 10.5 Å². The van der Waals surface area contributed by atoms with Gasteiger partial charge in [0.2, 0.25) is 11.8 Å². The van der Waals surface area contributed by atoms with Crippen LogP contribution >= 0.6 is 11.8 Å². The topological polar surface area (TPSA) is 130 Å². The third kappa shape index (κ3) is 8.87. The van der Waals surface area contributed by atoms with E-state index in [0.29, 0.717) is 24.9 Å². The molecule has 3 aromatic rings. The summed E-state index contributed by atoms with van der Waals surface area (Å²) >= 11 is 1.64. The number of amides is 2. The fourth-order valence-corrected chi connectivity index (χ4v) is 5.09. The highest BCUT2D eigenvalue weighted by molar-refractivity contribution is 7.99. The first-order chi connectivity index (χ1) is 19.0. The van der Waals surface area contributed by atoms with Crippen molar-refractivity contribution in [2.75, 3.05) is 11.1 Å². The van der Waals surface area contributed by atoms with Crippen LogP contribution in [0.5, 0.6) is 0 Å². The minimum Gasteiger partial charge on any atom is -0.392 e. The number of rotatable bonds is 12. The van der Waals surface area contributed by atoms with Gasteiger partial charge in [0.05, 0.1) is 23.8 Å². The number of nitrogens with zero attached hydrogens (tertiary/aromatic N) is 1. The first-order valence-electron chi connectivity index (χ1n) is 12.9. The van der Waals surface area contributed by atoms with Gasteiger partial charge in [-0.1, -0.05) is 42.5 Å². The van der Waals surface area contributed by atoms with E-state index in [0.717, 1.165) is 27.5 Å². The van der Waals surface area contributed by atoms with Crippen LogP contribution in [0.1, 0.15) is 61.2 Å². The molecule has 4 rings (SSSR count). The van der Waals surface area contributed by atoms with E-state index in [-0.39, 0.29) is 37.6 Å². The minimum atomic E-state index is -0.585. The van der Waals surface area contributed by atoms with Gasteiger partial charge in [-0.05, 0) is 48.2 Å². The summed E-state index contributed by atoms with van der Waals surface area (Å²) in [7, 11) is 0. The number of hydroxylamine groups is 1. The Morgan fingerprint density at radius 2 is 1.64 bits per heavy atom. The molecular formula is C29H33N3O6S. The van der Waals surface area contributed by atoms with Gasteiger partial charge in [0.1, 0.15) is 0 Å². The monoisotopic (exact) mass is 551 g/mol. The van der Waals surface area contributed by atoms with E-state index in [1.165, 1.54) is 0 Å². The molecule has 2 amide bonds. The van der Waals surface area contributed by atoms with E-state index in [4.69, 9.17) is 14.7 Å². The highest BCUT2D eigenvalue weighted by Crippen LogP contribution is 2.39. The summed E-state index contributed by atoms with van der Waals surface area (Å²) < 4.78 is 12.7. The number of hydrogen-bond acceptors (Lipinski definition) is 8. The minimum absolute atomic E-state index is 0.00929. The second kappa shape index (κ2) is 14.8. The number of carbonyl (C=O) groups excluding carboxylic acids is 2. The van der Waals surface area contributed by atoms with E-state index < -0.39 is 12.2 Å². The Labute approximate surface area is 231 Å². The number of aromatic nitrogens is 1. The summed E-state index contributed by atoms with van der Waals surface area (Å²) in [5, 5.41) is 21.7. The molecule has 0 radical (unpaired) electrons. The molecule has 1 saturated heterocycles. The number of pyridine rings is 1. The molecule has 39 heavy (non-hydrogen) atoms. The second-order valence-electron chi connectivity index (χ2n) is 9.24. The Bertz CT molecular complexity index is 1190. The van der Waals surface area contributed by atoms with Gasteiger partial charge in [-0.2, -0.15) is 0 Å². The maximum atomic E-state index is 12.3. The van der Waals surface area contributed by atoms with Crippen LogP contribution in [-0.4, -0.2) is 39.0 Å². The molecule has 10 heteroatoms. The van der Waals surface area contributed by atoms with Crippen LogP contribution in [-0.2, 0) is 25.7 Å². The zero-order valence-electron chi connectivity index (χ0n) is 21.5. The van der Waals surface area contributed by atoms with Crippen LogP contribution in [0.3, 0.4) is 0 Å². The maximum absolute atomic E-state index is 12.3. The maximum Gasteiger partial charge on any atom is 0.243 e. The SMILES string of the molecule is O=C(CCCCC(=O)Nc1ccc([C@@H]2O[C@H](CSc3ccccn3)C[C@H](c3ccc(CO)cc3)O2)cc1)NO. The molecule has 9 nitrogen and oxygen atoms in total. The zero-order chi connectivity index (χ0) is 27.5. The van der Waals surface area contributed by atoms with E-state index >= 15 is 0 Å². The number of thioether (sulfide) groups is 1. The third-order valence-corrected chi connectivity index (χ3v) is 7.39. The number of benzene rings is 2. The summed E-state index contributed by atoms with van der Waals surface area (Å²) in [6.07, 6.45) is 3.12. The van der Waals surface area contributed by atoms with Crippen LogP contribution in [0.2, 0.25) is 0 Å². The molecule has 0 aliphatic carbocycles. The van der Waals surface area contributed by atoms with Crippen molar-refractivity contribution < 1.29 is 29.4 Å². The molecule has 0 unspecified atom stereocenters. The fourth-order valence-electron chi connectivity index (χ4n) is 4.21. The van der Waals surface area contributed by atoms with Crippen molar-refractivity contribution >= 4 is 29.3 Å². The number of aliphatic hydroxyl groups excluding tert-OH is 1. The quantitative estimate of drug-likeness (QED) is 0.108. The average Bonchev–Trinajstić information content (AvgIpc) is 2.99. The normalized spacial score (nSPS) is 18.9. The van der Waals surface area contributed by atoms with Crippen molar-refractivity contribution in [3.8, 4) is 0 Å². The second-order valence-corrected chi connectivity index (χ2v) is 10.3. The number of carbonyl (C=O) groups is 2. The average molecular weight is 552 g/mol. The predicted octanol–water partition coefficient (Wildman–Crippen LogP) is 4.92. The van der Waals surface area contributed by atoms with E-state index in [1.54, 1.807) is 23.4 Å². The van der Waals surface area contributed by atoms with Crippen molar-refractivity contribution in [3.63, 3.8) is 0 Å². The summed E-state index contributed by atoms with van der Waals surface area (Å²) in [6, 6.07) is 21.0. The molecule has 1 aliphatic heterocycles. The van der Waals surface area contributed by atoms with Crippen molar-refractivity contribution in [1.82, 2.24) is 10.5 Å². The Kier molecular flexibility index (Phi) is 10.9. The molecule has 1 aliphatic rings. The Morgan fingerprint density at radius 1 is 0.923 bits per heavy atom. The van der Waals surface area contributed by atoms with E-state index in [2.05, 4.69) is 10.3 Å². The lowest BCUT2D eigenvalue weighted by atomic mass is 10.0. The predicted molar refractivity (Wildman–Crippen MR) is 147 cm³/mol. The lowest BCUT2D eigenvalue weighted by Crippen LogP contribution is -2.31. The first kappa shape index (κ1) is 28.7. The number of aliphatic hydroxyl groups is 1. The van der Waals surface area contributed by atoms with Gasteiger partial charge in [0, 0.05) is 42.5 Å². The number of hydrogen-bond donors (Lipinski definition) is 4. The van der Waals surface area contributed by atoms with Crippen LogP contribution in [0.15, 0.2) is 78.0 Å². The summed E-state index contributed by atoms with van der Waals surface area (Å²) in [4.78, 5) is 27.7. The van der Waals surface area contributed by atoms with Crippen LogP contribution in [0, 0.1) is 0 Å². The summed E-state index contributed by atoms with van der Waals surface area (Å²) in [6.45, 7) is -0.00929. The Hall–Kier alpha value is -3.28. The highest BCUT2D eigenvalue weighted by Gasteiger charge is 2.32. The van der Waals surface area contributed by atoms with Crippen LogP contribution in [0.4, 0.5) is 5.69 Å². The molecule has 4 N–H and O–H groups in total. The van der Waals surface area contributed by atoms with Gasteiger partial charge in [0.15, 0.2) is 6.29 Å². The Balaban J connectivity index is 1.39. The van der Waals surface area contributed by atoms with Crippen LogP contribution in [0.25, 0.3) is 0 Å². The van der Waals surface area contributed by atoms with Crippen molar-refractivity contribution in [1.29, 1.82) is 0 Å². The zero-order valence-corrected chi connectivity index (χ0v) is 22.3. The largest absolute Gasteiger partial charge is 0.392 e. The Morgan fingerprint density at radius 3 is 2.31 bits per heavy atom. The van der Waals surface area contributed by atoms with Gasteiger partial charge in [0.25, 0.3) is 0 Å². The molecule has 0 bridgehead atoms. The molecule has 1 aromatic heterocycles. The van der Waals surface area contributed by atoms with Crippen molar-refractivity contribution in [2.45, 2.75) is 62.2 Å². The molecule has 3 atom stereocenters. The smallest absolute Gasteiger partial charge is 0.243 e. The molecule has 206 valence electrons. The highest BCUT2D eigenvalue weighted by atomic mass is 32.2. The lowest BCUT2D eigenvalue weighted by molar-refractivity contribution is -0.245. The number of nitrogens with one attached hydrogen (secondary N) is 2. The van der Waals surface area contributed by atoms with E-state index in [9.17, 15) is 14.7 Å². The van der Waals surface area contributed by atoms with Crippen molar-refractivity contribution in [3.05, 3.63) is 89.6 Å². The summed E-state index contributed by atoms with van der Waals surface area (Å²) in [5.41, 5.74) is 4.95. The first-order valence-corrected chi connectivity index (χ1v) is 13.9. The molecule has 1 fully saturated rings. The fraction of sp³-hybridized carbons (Fsp3) is 0.345. The lowest BCUT2D eigenvalue weighted by Gasteiger charge is -2.36. The molecular weight excluding hydrogens is 518 g/mol. The number of anilines is 1. The molecule has 2 aromatic carbocycles. The van der Waals surface area contributed by atoms with Gasteiger partial charge in [-0.3, -0.25) is 14.8 Å². The van der Waals surface area contributed by atoms with Gasteiger partial charge in [-0.15, -0.1) is 11.8 Å². The molecule has 0 spiro atoms. The van der Waals surface area contributed by atoms with Gasteiger partial charge >= 0.3 is 0 Å². The molecule has 0 saturated carbocycles. The van der Waals surface area contributed by atoms with E-state index in [1.807, 2.05) is 66.7 Å². The summed E-state index contributed by atoms with van der Waals surface area (Å²) in [5.74, 6) is 0.117. The number of ether oxygens (including phenoxy) is 2. The molecule has 2 heterocycles. The number of unbranched alkanes of at least 4 members (excludes halogenated alkanes) is 1. The standard InChI is InChI=1S/C29H33N3O6S/c33-18-20-8-10-21(11-9-20)25-17-24(19-39-28-7-3-4-16-30-28)37-29(38-25)22-12-14-23(15-13-22)31-26(34)5-1-2-6-27(35)32-36/h3-4,7-16,24-25,29,33,36H,1-2,5-6,17-19H2,(H,31,34)(H,32,35)/t24-,25+,29+/m0/s1. The van der Waals surface area contributed by atoms with Crippen LogP contribution < -0.4 is 10.8 Å². The van der Waals surface area contributed by atoms with Crippen molar-refractivity contribution in [2.24, 2.45) is 0 Å². The third-order valence-electron chi connectivity index (χ3n) is 6.32. The van der Waals surface area contributed by atoms with Gasteiger partial charge < -0.3 is 19.9 Å².